The molecule has 0 aliphatic heterocycles. The SMILES string of the molecule is O=C(O)C(Nc1cccc(-n2c(=S)[nH][nH]c2=S)c1)C(Nc1cccc(-n2c(=S)[nH][nH]c2=S)c1)C(=O)O. The van der Waals surface area contributed by atoms with Crippen molar-refractivity contribution in [3.63, 3.8) is 0 Å². The topological polar surface area (TPSA) is 172 Å². The van der Waals surface area contributed by atoms with Crippen LogP contribution in [0.1, 0.15) is 0 Å². The first-order valence-corrected chi connectivity index (χ1v) is 11.8. The lowest BCUT2D eigenvalue weighted by Crippen LogP contribution is -2.49. The maximum Gasteiger partial charge on any atom is 0.328 e. The van der Waals surface area contributed by atoms with Crippen LogP contribution in [0.15, 0.2) is 48.5 Å². The summed E-state index contributed by atoms with van der Waals surface area (Å²) in [5.74, 6) is -2.75. The molecule has 2 atom stereocenters. The summed E-state index contributed by atoms with van der Waals surface area (Å²) in [6, 6.07) is 10.1. The Morgan fingerprint density at radius 1 is 0.667 bits per heavy atom. The number of aromatic nitrogens is 6. The lowest BCUT2D eigenvalue weighted by Gasteiger charge is -2.24. The van der Waals surface area contributed by atoms with Crippen LogP contribution in [0.4, 0.5) is 11.4 Å². The highest BCUT2D eigenvalue weighted by Gasteiger charge is 2.34. The molecule has 0 fully saturated rings. The van der Waals surface area contributed by atoms with E-state index < -0.39 is 24.0 Å². The van der Waals surface area contributed by atoms with Crippen molar-refractivity contribution < 1.29 is 19.8 Å². The van der Waals surface area contributed by atoms with E-state index in [2.05, 4.69) is 31.0 Å². The fraction of sp³-hybridized carbons (Fsp3) is 0.100. The van der Waals surface area contributed by atoms with Gasteiger partial charge in [0, 0.05) is 11.4 Å². The summed E-state index contributed by atoms with van der Waals surface area (Å²) in [6.45, 7) is 0. The molecule has 12 nitrogen and oxygen atoms in total. The number of aromatic amines is 4. The highest BCUT2D eigenvalue weighted by molar-refractivity contribution is 7.72. The van der Waals surface area contributed by atoms with E-state index in [0.717, 1.165) is 0 Å². The molecule has 8 N–H and O–H groups in total. The third-order valence-corrected chi connectivity index (χ3v) is 6.22. The normalized spacial score (nSPS) is 12.6. The predicted molar refractivity (Wildman–Crippen MR) is 142 cm³/mol. The molecule has 0 aliphatic rings. The molecule has 0 radical (unpaired) electrons. The number of nitrogens with zero attached hydrogens (tertiary/aromatic N) is 2. The van der Waals surface area contributed by atoms with Gasteiger partial charge >= 0.3 is 11.9 Å². The van der Waals surface area contributed by atoms with Crippen molar-refractivity contribution in [3.05, 3.63) is 67.6 Å². The Balaban J connectivity index is 1.65. The lowest BCUT2D eigenvalue weighted by molar-refractivity contribution is -0.145. The summed E-state index contributed by atoms with van der Waals surface area (Å²) in [4.78, 5) is 24.3. The van der Waals surface area contributed by atoms with Gasteiger partial charge in [-0.05, 0) is 85.3 Å². The van der Waals surface area contributed by atoms with Crippen molar-refractivity contribution in [2.75, 3.05) is 10.6 Å². The van der Waals surface area contributed by atoms with E-state index in [0.29, 0.717) is 41.8 Å². The Hall–Kier alpha value is -3.86. The van der Waals surface area contributed by atoms with Gasteiger partial charge in [0.25, 0.3) is 0 Å². The van der Waals surface area contributed by atoms with Crippen molar-refractivity contribution in [2.24, 2.45) is 0 Å². The van der Waals surface area contributed by atoms with Crippen molar-refractivity contribution in [3.8, 4) is 11.4 Å². The van der Waals surface area contributed by atoms with Crippen LogP contribution >= 0.6 is 48.9 Å². The average molecular weight is 563 g/mol. The number of hydrogen-bond donors (Lipinski definition) is 8. The minimum absolute atomic E-state index is 0.319. The third-order valence-electron chi connectivity index (χ3n) is 5.08. The summed E-state index contributed by atoms with van der Waals surface area (Å²) in [5, 5.41) is 36.3. The van der Waals surface area contributed by atoms with E-state index in [1.807, 2.05) is 0 Å². The fourth-order valence-corrected chi connectivity index (χ4v) is 4.60. The molecule has 2 aromatic carbocycles. The number of hydrogen-bond acceptors (Lipinski definition) is 8. The van der Waals surface area contributed by atoms with Crippen LogP contribution in [-0.4, -0.2) is 63.8 Å². The number of carboxylic acids is 2. The molecular weight excluding hydrogens is 545 g/mol. The second-order valence-corrected chi connectivity index (χ2v) is 8.96. The molecule has 16 heteroatoms. The molecule has 0 spiro atoms. The number of benzene rings is 2. The van der Waals surface area contributed by atoms with Crippen LogP contribution < -0.4 is 10.6 Å². The van der Waals surface area contributed by atoms with Gasteiger partial charge in [-0.15, -0.1) is 0 Å². The monoisotopic (exact) mass is 562 g/mol. The number of rotatable bonds is 9. The lowest BCUT2D eigenvalue weighted by atomic mass is 10.1. The number of H-pyrrole nitrogens is 4. The van der Waals surface area contributed by atoms with Crippen LogP contribution in [-0.2, 0) is 9.59 Å². The summed E-state index contributed by atoms with van der Waals surface area (Å²) >= 11 is 20.9. The molecule has 2 unspecified atom stereocenters. The van der Waals surface area contributed by atoms with Gasteiger partial charge in [0.15, 0.2) is 31.2 Å². The zero-order chi connectivity index (χ0) is 26.0. The van der Waals surface area contributed by atoms with Gasteiger partial charge in [-0.3, -0.25) is 29.5 Å². The van der Waals surface area contributed by atoms with Gasteiger partial charge < -0.3 is 20.8 Å². The number of aliphatic carboxylic acids is 2. The van der Waals surface area contributed by atoms with E-state index in [-0.39, 0.29) is 0 Å². The summed E-state index contributed by atoms with van der Waals surface area (Å²) in [5.41, 5.74) is 1.82. The molecule has 4 aromatic rings. The molecule has 0 saturated carbocycles. The van der Waals surface area contributed by atoms with E-state index in [1.165, 1.54) is 0 Å². The summed E-state index contributed by atoms with van der Waals surface area (Å²) in [7, 11) is 0. The highest BCUT2D eigenvalue weighted by Crippen LogP contribution is 2.20. The maximum atomic E-state index is 12.2. The number of carbonyl (C=O) groups is 2. The zero-order valence-electron chi connectivity index (χ0n) is 18.0. The molecule has 0 saturated heterocycles. The van der Waals surface area contributed by atoms with Crippen molar-refractivity contribution >= 4 is 72.2 Å². The largest absolute Gasteiger partial charge is 0.480 e. The Labute approximate surface area is 222 Å². The first-order valence-electron chi connectivity index (χ1n) is 10.1. The number of anilines is 2. The third kappa shape index (κ3) is 5.20. The second kappa shape index (κ2) is 10.4. The fourth-order valence-electron chi connectivity index (χ4n) is 3.49. The molecular formula is C20H18N8O4S4. The Morgan fingerprint density at radius 2 is 1.00 bits per heavy atom. The van der Waals surface area contributed by atoms with Gasteiger partial charge in [-0.1, -0.05) is 12.1 Å². The highest BCUT2D eigenvalue weighted by atomic mass is 32.1. The first-order chi connectivity index (χ1) is 17.2. The average Bonchev–Trinajstić information content (AvgIpc) is 3.35. The molecule has 0 amide bonds. The van der Waals surface area contributed by atoms with Crippen LogP contribution in [0.2, 0.25) is 0 Å². The molecule has 36 heavy (non-hydrogen) atoms. The summed E-state index contributed by atoms with van der Waals surface area (Å²) < 4.78 is 4.36. The van der Waals surface area contributed by atoms with Crippen molar-refractivity contribution in [1.82, 2.24) is 29.5 Å². The maximum absolute atomic E-state index is 12.2. The van der Waals surface area contributed by atoms with Gasteiger partial charge in [0.2, 0.25) is 0 Å². The van der Waals surface area contributed by atoms with Crippen LogP contribution in [0.25, 0.3) is 11.4 Å². The van der Waals surface area contributed by atoms with Crippen LogP contribution in [0.5, 0.6) is 0 Å². The van der Waals surface area contributed by atoms with E-state index in [9.17, 15) is 19.8 Å². The zero-order valence-corrected chi connectivity index (χ0v) is 21.3. The van der Waals surface area contributed by atoms with E-state index in [4.69, 9.17) is 48.9 Å². The van der Waals surface area contributed by atoms with Crippen LogP contribution in [0, 0.1) is 19.1 Å². The second-order valence-electron chi connectivity index (χ2n) is 7.41. The Morgan fingerprint density at radius 3 is 1.31 bits per heavy atom. The van der Waals surface area contributed by atoms with Gasteiger partial charge in [0.05, 0.1) is 11.4 Å². The van der Waals surface area contributed by atoms with E-state index in [1.54, 1.807) is 57.7 Å². The Kier molecular flexibility index (Phi) is 7.30. The molecule has 2 aromatic heterocycles. The van der Waals surface area contributed by atoms with Gasteiger partial charge in [-0.2, -0.15) is 0 Å². The predicted octanol–water partition coefficient (Wildman–Crippen LogP) is 3.93. The summed E-state index contributed by atoms with van der Waals surface area (Å²) in [6.07, 6.45) is 0. The van der Waals surface area contributed by atoms with Crippen LogP contribution in [0.3, 0.4) is 0 Å². The molecule has 186 valence electrons. The smallest absolute Gasteiger partial charge is 0.328 e. The molecule has 0 aliphatic carbocycles. The number of carboxylic acid groups (broad SMARTS) is 2. The van der Waals surface area contributed by atoms with Gasteiger partial charge in [0.1, 0.15) is 0 Å². The van der Waals surface area contributed by atoms with E-state index >= 15 is 0 Å². The van der Waals surface area contributed by atoms with Crippen molar-refractivity contribution in [1.29, 1.82) is 0 Å². The number of nitrogens with one attached hydrogen (secondary N) is 6. The van der Waals surface area contributed by atoms with Gasteiger partial charge in [-0.25, -0.2) is 9.59 Å². The first kappa shape index (κ1) is 25.2. The van der Waals surface area contributed by atoms with Crippen molar-refractivity contribution in [2.45, 2.75) is 12.1 Å². The minimum atomic E-state index is -1.55. The Bertz CT molecular complexity index is 1500. The molecule has 2 heterocycles. The minimum Gasteiger partial charge on any atom is -0.480 e. The standard InChI is InChI=1S/C20H18N8O4S4/c29-15(30)13(21-9-3-1-5-11(7-9)27-17(33)23-24-18(27)34)14(16(31)32)22-10-4-2-6-12(8-10)28-19(35)25-26-20(28)36/h1-8,13-14,21-22H,(H,23,33)(H,24,34)(H,25,35)(H,26,36)(H,29,30)(H,31,32). The quantitative estimate of drug-likeness (QED) is 0.140. The molecule has 4 rings (SSSR count). The molecule has 0 bridgehead atoms.